The van der Waals surface area contributed by atoms with Crippen molar-refractivity contribution in [3.8, 4) is 5.75 Å². The Morgan fingerprint density at radius 2 is 2.00 bits per heavy atom. The second kappa shape index (κ2) is 8.19. The Morgan fingerprint density at radius 3 is 2.67 bits per heavy atom. The van der Waals surface area contributed by atoms with E-state index in [4.69, 9.17) is 10.5 Å². The summed E-state index contributed by atoms with van der Waals surface area (Å²) in [6.07, 6.45) is 10.2. The Kier molecular flexibility index (Phi) is 5.46. The predicted molar refractivity (Wildman–Crippen MR) is 124 cm³/mol. The highest BCUT2D eigenvalue weighted by Gasteiger charge is 2.58. The Hall–Kier alpha value is -2.83. The number of amides is 2. The van der Waals surface area contributed by atoms with Crippen LogP contribution in [0.4, 0.5) is 0 Å². The van der Waals surface area contributed by atoms with E-state index in [1.54, 1.807) is 12.5 Å². The number of nitrogens with two attached hydrogens (primary N) is 1. The molecule has 33 heavy (non-hydrogen) atoms. The average molecular weight is 451 g/mol. The zero-order valence-electron chi connectivity index (χ0n) is 19.5. The molecule has 4 saturated carbocycles. The van der Waals surface area contributed by atoms with Crippen molar-refractivity contribution in [2.24, 2.45) is 28.9 Å². The molecule has 4 aliphatic carbocycles. The topological polar surface area (TPSA) is 99.2 Å². The number of carbonyl (C=O) groups excluding carboxylic acids is 2. The average Bonchev–Trinajstić information content (AvgIpc) is 3.29. The van der Waals surface area contributed by atoms with Gasteiger partial charge in [0.15, 0.2) is 0 Å². The Bertz CT molecular complexity index is 1020. The van der Waals surface area contributed by atoms with Gasteiger partial charge in [0, 0.05) is 23.9 Å². The minimum Gasteiger partial charge on any atom is -0.492 e. The summed E-state index contributed by atoms with van der Waals surface area (Å²) in [5, 5.41) is 3.40. The van der Waals surface area contributed by atoms with Crippen molar-refractivity contribution in [1.29, 1.82) is 0 Å². The molecule has 3 N–H and O–H groups in total. The van der Waals surface area contributed by atoms with Crippen molar-refractivity contribution in [2.75, 3.05) is 6.61 Å². The number of ether oxygens (including phenoxy) is 1. The van der Waals surface area contributed by atoms with Gasteiger partial charge in [-0.2, -0.15) is 0 Å². The molecule has 4 fully saturated rings. The van der Waals surface area contributed by atoms with Crippen LogP contribution in [0, 0.1) is 23.2 Å². The van der Waals surface area contributed by atoms with E-state index in [2.05, 4.69) is 10.3 Å². The summed E-state index contributed by atoms with van der Waals surface area (Å²) in [6, 6.07) is 7.95. The number of primary amides is 1. The van der Waals surface area contributed by atoms with Gasteiger partial charge in [0.05, 0.1) is 18.3 Å². The molecule has 7 heteroatoms. The third-order valence-electron chi connectivity index (χ3n) is 8.39. The van der Waals surface area contributed by atoms with E-state index in [-0.39, 0.29) is 23.3 Å². The van der Waals surface area contributed by atoms with Crippen LogP contribution < -0.4 is 15.8 Å². The molecule has 1 aromatic heterocycles. The summed E-state index contributed by atoms with van der Waals surface area (Å²) in [5.41, 5.74) is 5.71. The molecule has 6 rings (SSSR count). The maximum Gasteiger partial charge on any atom is 0.230 e. The van der Waals surface area contributed by atoms with Gasteiger partial charge in [0.1, 0.15) is 12.4 Å². The molecule has 2 amide bonds. The minimum atomic E-state index is -0.695. The van der Waals surface area contributed by atoms with Crippen molar-refractivity contribution in [3.05, 3.63) is 48.5 Å². The van der Waals surface area contributed by atoms with Gasteiger partial charge in [0.2, 0.25) is 11.8 Å². The first-order chi connectivity index (χ1) is 15.8. The van der Waals surface area contributed by atoms with E-state index >= 15 is 0 Å². The number of imidazole rings is 1. The molecule has 1 aromatic carbocycles. The molecule has 4 aliphatic rings. The van der Waals surface area contributed by atoms with Crippen LogP contribution in [0.15, 0.2) is 43.0 Å². The lowest BCUT2D eigenvalue weighted by molar-refractivity contribution is -0.148. The normalized spacial score (nSPS) is 30.2. The highest BCUT2D eigenvalue weighted by Crippen LogP contribution is 2.60. The van der Waals surface area contributed by atoms with E-state index < -0.39 is 5.41 Å². The van der Waals surface area contributed by atoms with Crippen LogP contribution in [-0.2, 0) is 21.5 Å². The quantitative estimate of drug-likeness (QED) is 0.646. The Labute approximate surface area is 195 Å². The maximum atomic E-state index is 13.5. The van der Waals surface area contributed by atoms with Crippen molar-refractivity contribution in [2.45, 2.75) is 64.0 Å². The second-order valence-electron chi connectivity index (χ2n) is 10.9. The summed E-state index contributed by atoms with van der Waals surface area (Å²) >= 11 is 0. The molecule has 0 aliphatic heterocycles. The standard InChI is InChI=1S/C26H34N4O3/c1-25(2,20-4-3-5-21(12-20)33-9-8-30-7-6-28-16-30)24(32)29-22-18-10-17-11-19(22)15-26(13-17,14-18)23(27)31/h3-7,12,16-19,22H,8-11,13-15H2,1-2H3,(H2,27,31)(H,29,32)/t17?,18-,19+,22?,26?. The van der Waals surface area contributed by atoms with Crippen LogP contribution in [0.3, 0.4) is 0 Å². The van der Waals surface area contributed by atoms with E-state index in [1.165, 1.54) is 0 Å². The predicted octanol–water partition coefficient (Wildman–Crippen LogP) is 3.04. The number of benzene rings is 1. The fourth-order valence-electron chi connectivity index (χ4n) is 6.69. The van der Waals surface area contributed by atoms with Crippen LogP contribution >= 0.6 is 0 Å². The molecule has 2 aromatic rings. The molecule has 4 bridgehead atoms. The lowest BCUT2D eigenvalue weighted by Gasteiger charge is -2.59. The number of carbonyl (C=O) groups is 2. The molecule has 5 atom stereocenters. The Balaban J connectivity index is 1.25. The van der Waals surface area contributed by atoms with Gasteiger partial charge in [-0.25, -0.2) is 4.98 Å². The monoisotopic (exact) mass is 450 g/mol. The highest BCUT2D eigenvalue weighted by atomic mass is 16.5. The summed E-state index contributed by atoms with van der Waals surface area (Å²) in [7, 11) is 0. The first kappa shape index (κ1) is 22.0. The lowest BCUT2D eigenvalue weighted by atomic mass is 9.47. The largest absolute Gasteiger partial charge is 0.492 e. The third-order valence-corrected chi connectivity index (χ3v) is 8.39. The fourth-order valence-corrected chi connectivity index (χ4v) is 6.69. The molecular weight excluding hydrogens is 416 g/mol. The van der Waals surface area contributed by atoms with Crippen molar-refractivity contribution in [3.63, 3.8) is 0 Å². The van der Waals surface area contributed by atoms with Gasteiger partial charge in [-0.05, 0) is 81.4 Å². The molecule has 3 unspecified atom stereocenters. The maximum absolute atomic E-state index is 13.5. The summed E-state index contributed by atoms with van der Waals surface area (Å²) < 4.78 is 7.90. The lowest BCUT2D eigenvalue weighted by Crippen LogP contribution is -2.63. The van der Waals surface area contributed by atoms with Crippen LogP contribution in [0.25, 0.3) is 0 Å². The summed E-state index contributed by atoms with van der Waals surface area (Å²) in [6.45, 7) is 5.18. The molecule has 0 spiro atoms. The van der Waals surface area contributed by atoms with Crippen LogP contribution in [-0.4, -0.2) is 34.0 Å². The highest BCUT2D eigenvalue weighted by molar-refractivity contribution is 5.88. The summed E-state index contributed by atoms with van der Waals surface area (Å²) in [5.74, 6) is 1.92. The molecule has 0 radical (unpaired) electrons. The van der Waals surface area contributed by atoms with Crippen LogP contribution in [0.2, 0.25) is 0 Å². The number of hydrogen-bond acceptors (Lipinski definition) is 4. The van der Waals surface area contributed by atoms with Crippen molar-refractivity contribution in [1.82, 2.24) is 14.9 Å². The van der Waals surface area contributed by atoms with Gasteiger partial charge in [-0.3, -0.25) is 9.59 Å². The summed E-state index contributed by atoms with van der Waals surface area (Å²) in [4.78, 5) is 29.8. The van der Waals surface area contributed by atoms with E-state index in [9.17, 15) is 9.59 Å². The Morgan fingerprint density at radius 1 is 1.24 bits per heavy atom. The fraction of sp³-hybridized carbons (Fsp3) is 0.577. The zero-order valence-corrected chi connectivity index (χ0v) is 19.5. The first-order valence-corrected chi connectivity index (χ1v) is 12.1. The van der Waals surface area contributed by atoms with Gasteiger partial charge >= 0.3 is 0 Å². The third kappa shape index (κ3) is 4.02. The van der Waals surface area contributed by atoms with Gasteiger partial charge in [0.25, 0.3) is 0 Å². The van der Waals surface area contributed by atoms with E-state index in [0.717, 1.165) is 43.4 Å². The molecule has 0 saturated heterocycles. The number of nitrogens with one attached hydrogen (secondary N) is 1. The first-order valence-electron chi connectivity index (χ1n) is 12.1. The minimum absolute atomic E-state index is 0.0312. The zero-order chi connectivity index (χ0) is 23.2. The number of hydrogen-bond donors (Lipinski definition) is 2. The SMILES string of the molecule is CC(C)(C(=O)NC1[C@@H]2CC3C[C@H]1CC(C(N)=O)(C3)C2)c1cccc(OCCn2ccnc2)c1. The van der Waals surface area contributed by atoms with E-state index in [1.807, 2.05) is 48.9 Å². The molecule has 176 valence electrons. The van der Waals surface area contributed by atoms with Crippen LogP contribution in [0.1, 0.15) is 51.5 Å². The van der Waals surface area contributed by atoms with Crippen molar-refractivity contribution >= 4 is 11.8 Å². The number of aromatic nitrogens is 2. The van der Waals surface area contributed by atoms with Crippen LogP contribution in [0.5, 0.6) is 5.75 Å². The smallest absolute Gasteiger partial charge is 0.230 e. The molecule has 1 heterocycles. The second-order valence-corrected chi connectivity index (χ2v) is 10.9. The van der Waals surface area contributed by atoms with Gasteiger partial charge in [-0.15, -0.1) is 0 Å². The number of rotatable bonds is 8. The van der Waals surface area contributed by atoms with E-state index in [0.29, 0.717) is 30.9 Å². The molecular formula is C26H34N4O3. The molecule has 7 nitrogen and oxygen atoms in total. The number of nitrogens with zero attached hydrogens (tertiary/aromatic N) is 2. The van der Waals surface area contributed by atoms with Gasteiger partial charge in [-0.1, -0.05) is 12.1 Å². The van der Waals surface area contributed by atoms with Crippen molar-refractivity contribution < 1.29 is 14.3 Å². The van der Waals surface area contributed by atoms with Gasteiger partial charge < -0.3 is 20.4 Å².